The second-order valence-corrected chi connectivity index (χ2v) is 9.73. The summed E-state index contributed by atoms with van der Waals surface area (Å²) in [5.74, 6) is 1.09. The molecule has 1 aliphatic rings. The molecule has 2 aromatic carbocycles. The Morgan fingerprint density at radius 3 is 2.54 bits per heavy atom. The third-order valence-corrected chi connectivity index (χ3v) is 6.57. The molecule has 1 unspecified atom stereocenters. The van der Waals surface area contributed by atoms with Crippen molar-refractivity contribution in [3.63, 3.8) is 0 Å². The van der Waals surface area contributed by atoms with Crippen LogP contribution in [0.1, 0.15) is 47.3 Å². The third-order valence-electron chi connectivity index (χ3n) is 6.57. The average molecular weight is 477 g/mol. The molecule has 0 bridgehead atoms. The standard InChI is InChI=1S/C28H36N4O3/c1-19-23-6-4-5-7-24(23)30-26(19)28(34)31-25(15-12-20-8-9-20)27(33)29-18-21-10-13-22(14-11-21)35-17-16-32(2)3/h4-7,10-11,13-14,20,25,30H,8-9,12,15-18H2,1-3H3,(H,29,33)(H,31,34). The maximum absolute atomic E-state index is 13.1. The summed E-state index contributed by atoms with van der Waals surface area (Å²) in [6, 6.07) is 15.0. The van der Waals surface area contributed by atoms with E-state index in [2.05, 4.69) is 20.5 Å². The lowest BCUT2D eigenvalue weighted by Gasteiger charge is -2.19. The number of amides is 2. The van der Waals surface area contributed by atoms with Crippen LogP contribution >= 0.6 is 0 Å². The average Bonchev–Trinajstić information content (AvgIpc) is 3.62. The topological polar surface area (TPSA) is 86.5 Å². The molecule has 0 saturated heterocycles. The number of benzene rings is 2. The molecule has 1 heterocycles. The summed E-state index contributed by atoms with van der Waals surface area (Å²) in [5, 5.41) is 7.02. The Morgan fingerprint density at radius 1 is 1.11 bits per heavy atom. The van der Waals surface area contributed by atoms with Crippen molar-refractivity contribution in [2.45, 2.75) is 45.2 Å². The molecule has 1 saturated carbocycles. The normalized spacial score (nSPS) is 14.2. The Bertz CT molecular complexity index is 1150. The first kappa shape index (κ1) is 24.8. The van der Waals surface area contributed by atoms with E-state index in [9.17, 15) is 9.59 Å². The van der Waals surface area contributed by atoms with Crippen molar-refractivity contribution in [3.05, 3.63) is 65.4 Å². The van der Waals surface area contributed by atoms with Crippen LogP contribution < -0.4 is 15.4 Å². The van der Waals surface area contributed by atoms with Gasteiger partial charge >= 0.3 is 0 Å². The zero-order valence-electron chi connectivity index (χ0n) is 20.9. The Balaban J connectivity index is 1.35. The highest BCUT2D eigenvalue weighted by molar-refractivity contribution is 6.02. The number of ether oxygens (including phenoxy) is 1. The van der Waals surface area contributed by atoms with Gasteiger partial charge in [-0.15, -0.1) is 0 Å². The zero-order chi connectivity index (χ0) is 24.8. The van der Waals surface area contributed by atoms with Gasteiger partial charge in [-0.1, -0.05) is 43.2 Å². The van der Waals surface area contributed by atoms with Crippen molar-refractivity contribution in [3.8, 4) is 5.75 Å². The van der Waals surface area contributed by atoms with Crippen LogP contribution in [0.2, 0.25) is 0 Å². The number of fused-ring (bicyclic) bond motifs is 1. The number of likely N-dealkylation sites (N-methyl/N-ethyl adjacent to an activating group) is 1. The summed E-state index contributed by atoms with van der Waals surface area (Å²) >= 11 is 0. The third kappa shape index (κ3) is 6.85. The van der Waals surface area contributed by atoms with Crippen molar-refractivity contribution in [2.75, 3.05) is 27.2 Å². The van der Waals surface area contributed by atoms with Gasteiger partial charge < -0.3 is 25.3 Å². The van der Waals surface area contributed by atoms with Gasteiger partial charge in [0.2, 0.25) is 5.91 Å². The molecule has 7 heteroatoms. The molecule has 1 aliphatic carbocycles. The molecule has 1 atom stereocenters. The summed E-state index contributed by atoms with van der Waals surface area (Å²) in [5.41, 5.74) is 3.31. The molecule has 4 rings (SSSR count). The van der Waals surface area contributed by atoms with Gasteiger partial charge in [-0.3, -0.25) is 9.59 Å². The minimum Gasteiger partial charge on any atom is -0.492 e. The number of carbonyl (C=O) groups is 2. The molecule has 0 spiro atoms. The van der Waals surface area contributed by atoms with E-state index in [1.165, 1.54) is 12.8 Å². The molecule has 3 aromatic rings. The molecule has 2 amide bonds. The maximum Gasteiger partial charge on any atom is 0.268 e. The number of rotatable bonds is 12. The van der Waals surface area contributed by atoms with Crippen molar-refractivity contribution < 1.29 is 14.3 Å². The monoisotopic (exact) mass is 476 g/mol. The minimum atomic E-state index is -0.567. The molecule has 0 radical (unpaired) electrons. The van der Waals surface area contributed by atoms with Crippen molar-refractivity contribution >= 4 is 22.7 Å². The SMILES string of the molecule is Cc1c(C(=O)NC(CCC2CC2)C(=O)NCc2ccc(OCCN(C)C)cc2)[nH]c2ccccc12. The summed E-state index contributed by atoms with van der Waals surface area (Å²) in [4.78, 5) is 31.5. The van der Waals surface area contributed by atoms with E-state index in [1.54, 1.807) is 0 Å². The fraction of sp³-hybridized carbons (Fsp3) is 0.429. The van der Waals surface area contributed by atoms with Crippen LogP contribution in [0.25, 0.3) is 10.9 Å². The molecule has 1 aromatic heterocycles. The number of aryl methyl sites for hydroxylation is 1. The van der Waals surface area contributed by atoms with Gasteiger partial charge in [0, 0.05) is 24.0 Å². The van der Waals surface area contributed by atoms with Crippen molar-refractivity contribution in [2.24, 2.45) is 5.92 Å². The first-order chi connectivity index (χ1) is 16.9. The lowest BCUT2D eigenvalue weighted by Crippen LogP contribution is -2.46. The predicted octanol–water partition coefficient (Wildman–Crippen LogP) is 4.02. The number of nitrogens with zero attached hydrogens (tertiary/aromatic N) is 1. The van der Waals surface area contributed by atoms with E-state index in [-0.39, 0.29) is 11.8 Å². The number of hydrogen-bond donors (Lipinski definition) is 3. The molecule has 186 valence electrons. The maximum atomic E-state index is 13.1. The number of aromatic amines is 1. The van der Waals surface area contributed by atoms with Gasteiger partial charge in [-0.05, 0) is 69.1 Å². The van der Waals surface area contributed by atoms with Crippen LogP contribution in [0, 0.1) is 12.8 Å². The first-order valence-corrected chi connectivity index (χ1v) is 12.4. The Hall–Kier alpha value is -3.32. The largest absolute Gasteiger partial charge is 0.492 e. The van der Waals surface area contributed by atoms with Gasteiger partial charge in [0.25, 0.3) is 5.91 Å². The lowest BCUT2D eigenvalue weighted by molar-refractivity contribution is -0.123. The zero-order valence-corrected chi connectivity index (χ0v) is 20.9. The molecular formula is C28H36N4O3. The summed E-state index contributed by atoms with van der Waals surface area (Å²) in [6.07, 6.45) is 4.02. The number of H-pyrrole nitrogens is 1. The highest BCUT2D eigenvalue weighted by Gasteiger charge is 2.27. The number of para-hydroxylation sites is 1. The minimum absolute atomic E-state index is 0.154. The van der Waals surface area contributed by atoms with Crippen LogP contribution in [-0.4, -0.2) is 55.0 Å². The van der Waals surface area contributed by atoms with E-state index in [0.29, 0.717) is 31.2 Å². The van der Waals surface area contributed by atoms with Crippen LogP contribution in [0.4, 0.5) is 0 Å². The highest BCUT2D eigenvalue weighted by Crippen LogP contribution is 2.34. The van der Waals surface area contributed by atoms with Crippen LogP contribution in [-0.2, 0) is 11.3 Å². The Labute approximate surface area is 207 Å². The van der Waals surface area contributed by atoms with Gasteiger partial charge in [0.15, 0.2) is 0 Å². The van der Waals surface area contributed by atoms with Gasteiger partial charge in [0.05, 0.1) is 0 Å². The highest BCUT2D eigenvalue weighted by atomic mass is 16.5. The first-order valence-electron chi connectivity index (χ1n) is 12.4. The van der Waals surface area contributed by atoms with Crippen molar-refractivity contribution in [1.29, 1.82) is 0 Å². The Morgan fingerprint density at radius 2 is 1.86 bits per heavy atom. The number of carbonyl (C=O) groups excluding carboxylic acids is 2. The smallest absolute Gasteiger partial charge is 0.268 e. The number of hydrogen-bond acceptors (Lipinski definition) is 4. The van der Waals surface area contributed by atoms with E-state index in [4.69, 9.17) is 4.74 Å². The van der Waals surface area contributed by atoms with E-state index >= 15 is 0 Å². The lowest BCUT2D eigenvalue weighted by atomic mass is 10.1. The van der Waals surface area contributed by atoms with E-state index in [1.807, 2.05) is 69.6 Å². The fourth-order valence-electron chi connectivity index (χ4n) is 4.18. The summed E-state index contributed by atoms with van der Waals surface area (Å²) in [7, 11) is 4.02. The second-order valence-electron chi connectivity index (χ2n) is 9.73. The molecule has 7 nitrogen and oxygen atoms in total. The van der Waals surface area contributed by atoms with Crippen LogP contribution in [0.3, 0.4) is 0 Å². The predicted molar refractivity (Wildman–Crippen MR) is 139 cm³/mol. The van der Waals surface area contributed by atoms with Gasteiger partial charge in [0.1, 0.15) is 24.1 Å². The van der Waals surface area contributed by atoms with Crippen LogP contribution in [0.15, 0.2) is 48.5 Å². The molecule has 1 fully saturated rings. The van der Waals surface area contributed by atoms with Gasteiger partial charge in [-0.25, -0.2) is 0 Å². The summed E-state index contributed by atoms with van der Waals surface area (Å²) < 4.78 is 5.73. The number of nitrogens with one attached hydrogen (secondary N) is 3. The quantitative estimate of drug-likeness (QED) is 0.369. The number of aromatic nitrogens is 1. The van der Waals surface area contributed by atoms with E-state index < -0.39 is 6.04 Å². The second kappa shape index (κ2) is 11.4. The Kier molecular flexibility index (Phi) is 8.08. The molecule has 35 heavy (non-hydrogen) atoms. The summed E-state index contributed by atoms with van der Waals surface area (Å²) in [6.45, 7) is 3.81. The van der Waals surface area contributed by atoms with Gasteiger partial charge in [-0.2, -0.15) is 0 Å². The molecule has 3 N–H and O–H groups in total. The molecule has 0 aliphatic heterocycles. The fourth-order valence-corrected chi connectivity index (χ4v) is 4.18. The van der Waals surface area contributed by atoms with E-state index in [0.717, 1.165) is 40.7 Å². The van der Waals surface area contributed by atoms with Crippen molar-refractivity contribution in [1.82, 2.24) is 20.5 Å². The van der Waals surface area contributed by atoms with Crippen LogP contribution in [0.5, 0.6) is 5.75 Å². The molecular weight excluding hydrogens is 440 g/mol.